The number of hydrogen-bond acceptors (Lipinski definition) is 3. The Bertz CT molecular complexity index is 435. The Balaban J connectivity index is 2.61. The fourth-order valence-corrected chi connectivity index (χ4v) is 1.62. The molecule has 1 aromatic carbocycles. The Morgan fingerprint density at radius 3 is 2.65 bits per heavy atom. The van der Waals surface area contributed by atoms with Gasteiger partial charge in [-0.15, -0.1) is 0 Å². The van der Waals surface area contributed by atoms with Crippen LogP contribution in [0.3, 0.4) is 0 Å². The Morgan fingerprint density at radius 1 is 1.35 bits per heavy atom. The smallest absolute Gasteiger partial charge is 0.313 e. The van der Waals surface area contributed by atoms with Crippen molar-refractivity contribution in [2.75, 3.05) is 18.5 Å². The van der Waals surface area contributed by atoms with Crippen LogP contribution in [0.2, 0.25) is 0 Å². The first-order valence-corrected chi connectivity index (χ1v) is 6.08. The van der Waals surface area contributed by atoms with Crippen molar-refractivity contribution >= 4 is 40.1 Å². The fraction of sp³-hybridized carbons (Fsp3) is 0.273. The van der Waals surface area contributed by atoms with Crippen LogP contribution in [0.4, 0.5) is 5.69 Å². The molecular weight excluding hydrogens is 335 g/mol. The molecule has 2 amide bonds. The number of aryl methyl sites for hydroxylation is 1. The van der Waals surface area contributed by atoms with E-state index in [1.165, 1.54) is 0 Å². The molecule has 0 aromatic heterocycles. The van der Waals surface area contributed by atoms with Crippen LogP contribution in [0.15, 0.2) is 18.2 Å². The summed E-state index contributed by atoms with van der Waals surface area (Å²) in [4.78, 5) is 22.6. The monoisotopic (exact) mass is 348 g/mol. The van der Waals surface area contributed by atoms with Crippen LogP contribution in [0, 0.1) is 10.5 Å². The minimum atomic E-state index is -0.755. The van der Waals surface area contributed by atoms with Gasteiger partial charge in [0.25, 0.3) is 0 Å². The van der Waals surface area contributed by atoms with Crippen molar-refractivity contribution in [3.8, 4) is 0 Å². The third kappa shape index (κ3) is 4.31. The SMILES string of the molecule is Cc1ccc(NC(=O)C(=O)NCCO)cc1I. The van der Waals surface area contributed by atoms with Gasteiger partial charge in [0, 0.05) is 15.8 Å². The van der Waals surface area contributed by atoms with Crippen LogP contribution in [-0.2, 0) is 9.59 Å². The molecule has 0 aliphatic carbocycles. The van der Waals surface area contributed by atoms with E-state index in [-0.39, 0.29) is 13.2 Å². The number of amides is 2. The normalized spacial score (nSPS) is 9.82. The fourth-order valence-electron chi connectivity index (χ4n) is 1.11. The van der Waals surface area contributed by atoms with Crippen molar-refractivity contribution in [2.45, 2.75) is 6.92 Å². The predicted molar refractivity (Wildman–Crippen MR) is 72.6 cm³/mol. The topological polar surface area (TPSA) is 78.4 Å². The van der Waals surface area contributed by atoms with Crippen molar-refractivity contribution in [1.82, 2.24) is 5.32 Å². The molecule has 6 heteroatoms. The molecule has 1 rings (SSSR count). The molecule has 0 spiro atoms. The zero-order valence-electron chi connectivity index (χ0n) is 9.29. The number of aliphatic hydroxyl groups is 1. The second-order valence-corrected chi connectivity index (χ2v) is 4.56. The maximum Gasteiger partial charge on any atom is 0.313 e. The lowest BCUT2D eigenvalue weighted by molar-refractivity contribution is -0.136. The van der Waals surface area contributed by atoms with Crippen LogP contribution in [0.25, 0.3) is 0 Å². The van der Waals surface area contributed by atoms with E-state index in [1.54, 1.807) is 12.1 Å². The van der Waals surface area contributed by atoms with Gasteiger partial charge in [-0.1, -0.05) is 6.07 Å². The Morgan fingerprint density at radius 2 is 2.06 bits per heavy atom. The number of benzene rings is 1. The Hall–Kier alpha value is -1.15. The number of rotatable bonds is 3. The molecule has 17 heavy (non-hydrogen) atoms. The second-order valence-electron chi connectivity index (χ2n) is 3.40. The van der Waals surface area contributed by atoms with E-state index >= 15 is 0 Å². The van der Waals surface area contributed by atoms with E-state index in [0.29, 0.717) is 5.69 Å². The molecule has 0 saturated carbocycles. The summed E-state index contributed by atoms with van der Waals surface area (Å²) < 4.78 is 1.01. The van der Waals surface area contributed by atoms with Crippen LogP contribution in [0.1, 0.15) is 5.56 Å². The third-order valence-electron chi connectivity index (χ3n) is 2.03. The van der Waals surface area contributed by atoms with Gasteiger partial charge in [-0.3, -0.25) is 9.59 Å². The summed E-state index contributed by atoms with van der Waals surface area (Å²) in [5.41, 5.74) is 1.68. The minimum Gasteiger partial charge on any atom is -0.395 e. The zero-order chi connectivity index (χ0) is 12.8. The molecule has 0 heterocycles. The van der Waals surface area contributed by atoms with Gasteiger partial charge in [0.15, 0.2) is 0 Å². The van der Waals surface area contributed by atoms with E-state index in [1.807, 2.05) is 13.0 Å². The molecule has 5 nitrogen and oxygen atoms in total. The maximum atomic E-state index is 11.4. The molecule has 0 unspecified atom stereocenters. The highest BCUT2D eigenvalue weighted by Crippen LogP contribution is 2.16. The quantitative estimate of drug-likeness (QED) is 0.554. The maximum absolute atomic E-state index is 11.4. The molecule has 0 radical (unpaired) electrons. The summed E-state index contributed by atoms with van der Waals surface area (Å²) in [6.45, 7) is 1.83. The van der Waals surface area contributed by atoms with Gasteiger partial charge in [-0.2, -0.15) is 0 Å². The second kappa shape index (κ2) is 6.55. The summed E-state index contributed by atoms with van der Waals surface area (Å²) in [6.07, 6.45) is 0. The lowest BCUT2D eigenvalue weighted by Crippen LogP contribution is -2.36. The summed E-state index contributed by atoms with van der Waals surface area (Å²) in [5.74, 6) is -1.49. The number of halogens is 1. The summed E-state index contributed by atoms with van der Waals surface area (Å²) in [5, 5.41) is 13.3. The summed E-state index contributed by atoms with van der Waals surface area (Å²) in [7, 11) is 0. The molecule has 3 N–H and O–H groups in total. The first kappa shape index (κ1) is 13.9. The van der Waals surface area contributed by atoms with Crippen molar-refractivity contribution in [2.24, 2.45) is 0 Å². The average Bonchev–Trinajstić information content (AvgIpc) is 2.30. The van der Waals surface area contributed by atoms with Gasteiger partial charge >= 0.3 is 11.8 Å². The molecule has 0 bridgehead atoms. The molecule has 0 saturated heterocycles. The molecule has 0 atom stereocenters. The highest BCUT2D eigenvalue weighted by Gasteiger charge is 2.12. The van der Waals surface area contributed by atoms with Gasteiger partial charge in [-0.05, 0) is 47.2 Å². The van der Waals surface area contributed by atoms with Gasteiger partial charge in [0.05, 0.1) is 6.61 Å². The van der Waals surface area contributed by atoms with E-state index in [0.717, 1.165) is 9.13 Å². The van der Waals surface area contributed by atoms with Crippen molar-refractivity contribution in [1.29, 1.82) is 0 Å². The zero-order valence-corrected chi connectivity index (χ0v) is 11.4. The Labute approximate surface area is 113 Å². The molecule has 0 fully saturated rings. The predicted octanol–water partition coefficient (Wildman–Crippen LogP) is 0.647. The van der Waals surface area contributed by atoms with E-state index < -0.39 is 11.8 Å². The van der Waals surface area contributed by atoms with Crippen molar-refractivity contribution in [3.05, 3.63) is 27.3 Å². The first-order valence-electron chi connectivity index (χ1n) is 5.01. The van der Waals surface area contributed by atoms with E-state index in [2.05, 4.69) is 33.2 Å². The van der Waals surface area contributed by atoms with Crippen LogP contribution < -0.4 is 10.6 Å². The average molecular weight is 348 g/mol. The summed E-state index contributed by atoms with van der Waals surface area (Å²) >= 11 is 2.15. The molecular formula is C11H13IN2O3. The lowest BCUT2D eigenvalue weighted by atomic mass is 10.2. The third-order valence-corrected chi connectivity index (χ3v) is 3.20. The Kier molecular flexibility index (Phi) is 5.36. The highest BCUT2D eigenvalue weighted by atomic mass is 127. The van der Waals surface area contributed by atoms with E-state index in [4.69, 9.17) is 5.11 Å². The first-order chi connectivity index (χ1) is 8.04. The number of hydrogen-bond donors (Lipinski definition) is 3. The minimum absolute atomic E-state index is 0.0671. The van der Waals surface area contributed by atoms with Gasteiger partial charge < -0.3 is 15.7 Å². The van der Waals surface area contributed by atoms with E-state index in [9.17, 15) is 9.59 Å². The van der Waals surface area contributed by atoms with Crippen molar-refractivity contribution in [3.63, 3.8) is 0 Å². The van der Waals surface area contributed by atoms with Gasteiger partial charge in [-0.25, -0.2) is 0 Å². The largest absolute Gasteiger partial charge is 0.395 e. The van der Waals surface area contributed by atoms with Crippen LogP contribution in [-0.4, -0.2) is 30.1 Å². The number of aliphatic hydroxyl groups excluding tert-OH is 1. The summed E-state index contributed by atoms with van der Waals surface area (Å²) in [6, 6.07) is 5.38. The number of carbonyl (C=O) groups excluding carboxylic acids is 2. The lowest BCUT2D eigenvalue weighted by Gasteiger charge is -2.06. The number of nitrogens with one attached hydrogen (secondary N) is 2. The number of anilines is 1. The van der Waals surface area contributed by atoms with Crippen LogP contribution >= 0.6 is 22.6 Å². The van der Waals surface area contributed by atoms with Gasteiger partial charge in [0.1, 0.15) is 0 Å². The highest BCUT2D eigenvalue weighted by molar-refractivity contribution is 14.1. The standard InChI is InChI=1S/C11H13IN2O3/c1-7-2-3-8(6-9(7)12)14-11(17)10(16)13-4-5-15/h2-3,6,15H,4-5H2,1H3,(H,13,16)(H,14,17). The van der Waals surface area contributed by atoms with Gasteiger partial charge in [0.2, 0.25) is 0 Å². The van der Waals surface area contributed by atoms with Crippen LogP contribution in [0.5, 0.6) is 0 Å². The molecule has 0 aliphatic rings. The molecule has 0 aliphatic heterocycles. The van der Waals surface area contributed by atoms with Crippen molar-refractivity contribution < 1.29 is 14.7 Å². The molecule has 92 valence electrons. The molecule has 1 aromatic rings. The number of carbonyl (C=O) groups is 2.